The zero-order valence-electron chi connectivity index (χ0n) is 14.6. The summed E-state index contributed by atoms with van der Waals surface area (Å²) in [6.07, 6.45) is 0.705. The summed E-state index contributed by atoms with van der Waals surface area (Å²) in [4.78, 5) is 16.8. The number of aryl methyl sites for hydroxylation is 2. The van der Waals surface area contributed by atoms with Crippen LogP contribution in [-0.4, -0.2) is 75.9 Å². The maximum absolute atomic E-state index is 12.3. The normalized spacial score (nSPS) is 21.3. The molecule has 1 aromatic heterocycles. The van der Waals surface area contributed by atoms with Crippen LogP contribution >= 0.6 is 0 Å². The van der Waals surface area contributed by atoms with E-state index in [0.29, 0.717) is 19.1 Å². The molecule has 0 aromatic carbocycles. The van der Waals surface area contributed by atoms with E-state index in [9.17, 15) is 9.90 Å². The van der Waals surface area contributed by atoms with Gasteiger partial charge >= 0.3 is 0 Å². The highest BCUT2D eigenvalue weighted by atomic mass is 16.3. The number of aromatic nitrogens is 2. The Labute approximate surface area is 138 Å². The van der Waals surface area contributed by atoms with E-state index < -0.39 is 0 Å². The number of amides is 1. The molecule has 0 aliphatic carbocycles. The monoisotopic (exact) mass is 323 g/mol. The molecule has 1 amide bonds. The highest BCUT2D eigenvalue weighted by Gasteiger charge is 2.27. The highest BCUT2D eigenvalue weighted by molar-refractivity contribution is 5.93. The zero-order chi connectivity index (χ0) is 17.0. The molecule has 130 valence electrons. The second kappa shape index (κ2) is 7.90. The minimum absolute atomic E-state index is 0.00331. The number of hydrogen-bond acceptors (Lipinski definition) is 5. The van der Waals surface area contributed by atoms with Gasteiger partial charge in [0.1, 0.15) is 0 Å². The van der Waals surface area contributed by atoms with Crippen LogP contribution in [0, 0.1) is 13.8 Å². The molecule has 23 heavy (non-hydrogen) atoms. The lowest BCUT2D eigenvalue weighted by atomic mass is 10.1. The smallest absolute Gasteiger partial charge is 0.238 e. The molecule has 0 bridgehead atoms. The summed E-state index contributed by atoms with van der Waals surface area (Å²) in [5, 5.41) is 19.5. The van der Waals surface area contributed by atoms with Crippen molar-refractivity contribution in [3.63, 3.8) is 0 Å². The van der Waals surface area contributed by atoms with Crippen LogP contribution in [0.2, 0.25) is 0 Å². The summed E-state index contributed by atoms with van der Waals surface area (Å²) in [5.74, 6) is -0.00331. The number of nitrogens with zero attached hydrogens (tertiary/aromatic N) is 3. The van der Waals surface area contributed by atoms with Crippen molar-refractivity contribution in [2.75, 3.05) is 38.0 Å². The van der Waals surface area contributed by atoms with Crippen LogP contribution in [0.1, 0.15) is 31.7 Å². The number of H-pyrrole nitrogens is 1. The van der Waals surface area contributed by atoms with Gasteiger partial charge in [0.15, 0.2) is 0 Å². The van der Waals surface area contributed by atoms with Crippen molar-refractivity contribution in [1.82, 2.24) is 20.0 Å². The Bertz CT molecular complexity index is 509. The van der Waals surface area contributed by atoms with Gasteiger partial charge in [0.25, 0.3) is 0 Å². The van der Waals surface area contributed by atoms with Gasteiger partial charge in [0.05, 0.1) is 29.7 Å². The Morgan fingerprint density at radius 2 is 2.22 bits per heavy atom. The summed E-state index contributed by atoms with van der Waals surface area (Å²) in [6, 6.07) is 0.392. The minimum Gasteiger partial charge on any atom is -0.392 e. The van der Waals surface area contributed by atoms with E-state index in [1.165, 1.54) is 0 Å². The quantitative estimate of drug-likeness (QED) is 0.719. The third-order valence-corrected chi connectivity index (χ3v) is 4.42. The first-order valence-corrected chi connectivity index (χ1v) is 8.36. The molecule has 2 rings (SSSR count). The largest absolute Gasteiger partial charge is 0.392 e. The number of aliphatic hydroxyl groups excluding tert-OH is 1. The topological polar surface area (TPSA) is 84.5 Å². The lowest BCUT2D eigenvalue weighted by molar-refractivity contribution is -0.118. The van der Waals surface area contributed by atoms with E-state index in [0.717, 1.165) is 43.1 Å². The summed E-state index contributed by atoms with van der Waals surface area (Å²) in [7, 11) is 0. The molecule has 1 aliphatic heterocycles. The maximum atomic E-state index is 12.3. The third kappa shape index (κ3) is 4.76. The van der Waals surface area contributed by atoms with Gasteiger partial charge in [0, 0.05) is 32.2 Å². The van der Waals surface area contributed by atoms with Crippen LogP contribution in [0.4, 0.5) is 5.69 Å². The standard InChI is InChI=1S/C16H29N5O2/c1-5-14-9-20(6-7-21(14)8-11(2)22)10-15(23)17-16-12(3)18-19-13(16)4/h11,14,22H,5-10H2,1-4H3,(H,17,23)(H,18,19)/t11-,14+/m1/s1. The lowest BCUT2D eigenvalue weighted by Crippen LogP contribution is -2.55. The first-order chi connectivity index (χ1) is 10.9. The first-order valence-electron chi connectivity index (χ1n) is 8.36. The van der Waals surface area contributed by atoms with E-state index in [4.69, 9.17) is 0 Å². The van der Waals surface area contributed by atoms with Crippen LogP contribution in [0.25, 0.3) is 0 Å². The van der Waals surface area contributed by atoms with E-state index in [2.05, 4.69) is 32.2 Å². The molecule has 1 aliphatic rings. The van der Waals surface area contributed by atoms with Crippen molar-refractivity contribution in [3.05, 3.63) is 11.4 Å². The number of hydrogen-bond donors (Lipinski definition) is 3. The van der Waals surface area contributed by atoms with E-state index >= 15 is 0 Å². The first kappa shape index (κ1) is 17.9. The fraction of sp³-hybridized carbons (Fsp3) is 0.750. The number of aliphatic hydroxyl groups is 1. The average molecular weight is 323 g/mol. The molecule has 2 heterocycles. The highest BCUT2D eigenvalue weighted by Crippen LogP contribution is 2.17. The molecule has 0 spiro atoms. The van der Waals surface area contributed by atoms with Crippen LogP contribution in [0.5, 0.6) is 0 Å². The van der Waals surface area contributed by atoms with Gasteiger partial charge in [-0.25, -0.2) is 0 Å². The summed E-state index contributed by atoms with van der Waals surface area (Å²) >= 11 is 0. The Morgan fingerprint density at radius 3 is 2.78 bits per heavy atom. The minimum atomic E-state index is -0.314. The predicted molar refractivity (Wildman–Crippen MR) is 90.5 cm³/mol. The molecular formula is C16H29N5O2. The lowest BCUT2D eigenvalue weighted by Gasteiger charge is -2.41. The fourth-order valence-corrected chi connectivity index (χ4v) is 3.18. The SMILES string of the molecule is CC[C@H]1CN(CC(=O)Nc2c(C)n[nH]c2C)CCN1C[C@@H](C)O. The number of aromatic amines is 1. The van der Waals surface area contributed by atoms with Crippen LogP contribution in [0.3, 0.4) is 0 Å². The second-order valence-corrected chi connectivity index (χ2v) is 6.50. The molecule has 1 fully saturated rings. The number of carbonyl (C=O) groups is 1. The van der Waals surface area contributed by atoms with Gasteiger partial charge in [0.2, 0.25) is 5.91 Å². The van der Waals surface area contributed by atoms with Gasteiger partial charge in [-0.05, 0) is 27.2 Å². The van der Waals surface area contributed by atoms with Crippen molar-refractivity contribution in [3.8, 4) is 0 Å². The molecule has 1 saturated heterocycles. The van der Waals surface area contributed by atoms with Gasteiger partial charge in [-0.15, -0.1) is 0 Å². The molecular weight excluding hydrogens is 294 g/mol. The number of piperazine rings is 1. The zero-order valence-corrected chi connectivity index (χ0v) is 14.6. The molecule has 0 unspecified atom stereocenters. The number of nitrogens with one attached hydrogen (secondary N) is 2. The molecule has 2 atom stereocenters. The third-order valence-electron chi connectivity index (χ3n) is 4.42. The van der Waals surface area contributed by atoms with Gasteiger partial charge in [-0.3, -0.25) is 19.7 Å². The summed E-state index contributed by atoms with van der Waals surface area (Å²) in [6.45, 7) is 11.4. The van der Waals surface area contributed by atoms with Crippen molar-refractivity contribution in [1.29, 1.82) is 0 Å². The molecule has 1 aromatic rings. The van der Waals surface area contributed by atoms with E-state index in [1.807, 2.05) is 20.8 Å². The number of rotatable bonds is 6. The molecule has 3 N–H and O–H groups in total. The second-order valence-electron chi connectivity index (χ2n) is 6.50. The van der Waals surface area contributed by atoms with Crippen molar-refractivity contribution in [2.24, 2.45) is 0 Å². The van der Waals surface area contributed by atoms with Crippen LogP contribution in [0.15, 0.2) is 0 Å². The van der Waals surface area contributed by atoms with Gasteiger partial charge in [-0.1, -0.05) is 6.92 Å². The van der Waals surface area contributed by atoms with E-state index in [-0.39, 0.29) is 12.0 Å². The van der Waals surface area contributed by atoms with Crippen molar-refractivity contribution in [2.45, 2.75) is 46.3 Å². The Morgan fingerprint density at radius 1 is 1.48 bits per heavy atom. The predicted octanol–water partition coefficient (Wildman–Crippen LogP) is 0.742. The van der Waals surface area contributed by atoms with Crippen LogP contribution in [-0.2, 0) is 4.79 Å². The van der Waals surface area contributed by atoms with Crippen molar-refractivity contribution >= 4 is 11.6 Å². The Balaban J connectivity index is 1.87. The molecule has 7 nitrogen and oxygen atoms in total. The van der Waals surface area contributed by atoms with E-state index in [1.54, 1.807) is 0 Å². The van der Waals surface area contributed by atoms with Gasteiger partial charge in [-0.2, -0.15) is 5.10 Å². The van der Waals surface area contributed by atoms with Crippen LogP contribution < -0.4 is 5.32 Å². The Hall–Kier alpha value is -1.44. The maximum Gasteiger partial charge on any atom is 0.238 e. The van der Waals surface area contributed by atoms with Crippen molar-refractivity contribution < 1.29 is 9.90 Å². The molecule has 7 heteroatoms. The summed E-state index contributed by atoms with van der Waals surface area (Å²) in [5.41, 5.74) is 2.47. The number of carbonyl (C=O) groups excluding carboxylic acids is 1. The molecule has 0 radical (unpaired) electrons. The molecule has 0 saturated carbocycles. The average Bonchev–Trinajstić information content (AvgIpc) is 2.80. The Kier molecular flexibility index (Phi) is 6.15. The summed E-state index contributed by atoms with van der Waals surface area (Å²) < 4.78 is 0. The number of anilines is 1. The fourth-order valence-electron chi connectivity index (χ4n) is 3.18. The van der Waals surface area contributed by atoms with Gasteiger partial charge < -0.3 is 10.4 Å². The number of β-amino-alcohol motifs (C(OH)–C–C–N with tert-alkyl or cyclic N) is 1.